The number of hydrogen-bond donors (Lipinski definition) is 0. The van der Waals surface area contributed by atoms with E-state index in [-0.39, 0.29) is 18.0 Å². The molecule has 31 heavy (non-hydrogen) atoms. The molecule has 0 saturated carbocycles. The molecule has 2 aromatic carbocycles. The lowest BCUT2D eigenvalue weighted by Gasteiger charge is -2.39. The Hall–Kier alpha value is -2.80. The Morgan fingerprint density at radius 1 is 1.03 bits per heavy atom. The van der Waals surface area contributed by atoms with E-state index in [4.69, 9.17) is 4.74 Å². The van der Waals surface area contributed by atoms with E-state index in [2.05, 4.69) is 24.0 Å². The van der Waals surface area contributed by atoms with Gasteiger partial charge in [0.15, 0.2) is 11.0 Å². The molecule has 0 aliphatic carbocycles. The number of ether oxygens (including phenoxy) is 1. The first kappa shape index (κ1) is 21.4. The van der Waals surface area contributed by atoms with Gasteiger partial charge in [-0.25, -0.2) is 0 Å². The number of para-hydroxylation sites is 2. The van der Waals surface area contributed by atoms with Crippen molar-refractivity contribution in [3.8, 4) is 22.8 Å². The molecule has 3 aromatic rings. The van der Waals surface area contributed by atoms with Gasteiger partial charge in [-0.2, -0.15) is 0 Å². The number of amides is 1. The van der Waals surface area contributed by atoms with E-state index < -0.39 is 0 Å². The summed E-state index contributed by atoms with van der Waals surface area (Å²) in [5.74, 6) is 1.92. The number of carbonyl (C=O) groups is 1. The molecule has 0 radical (unpaired) electrons. The second-order valence-corrected chi connectivity index (χ2v) is 8.84. The van der Waals surface area contributed by atoms with Gasteiger partial charge in [0, 0.05) is 17.8 Å². The number of benzene rings is 2. The molecular weight excluding hydrogens is 408 g/mol. The first-order valence-electron chi connectivity index (χ1n) is 10.7. The molecule has 0 bridgehead atoms. The van der Waals surface area contributed by atoms with Gasteiger partial charge in [-0.05, 0) is 57.4 Å². The van der Waals surface area contributed by atoms with E-state index in [0.717, 1.165) is 29.8 Å². The summed E-state index contributed by atoms with van der Waals surface area (Å²) in [6.07, 6.45) is 3.32. The minimum atomic E-state index is 0.158. The Morgan fingerprint density at radius 2 is 1.71 bits per heavy atom. The summed E-state index contributed by atoms with van der Waals surface area (Å²) in [6.45, 7) is 4.29. The van der Waals surface area contributed by atoms with Crippen molar-refractivity contribution in [1.82, 2.24) is 19.7 Å². The summed E-state index contributed by atoms with van der Waals surface area (Å²) in [5.41, 5.74) is 1.81. The number of piperidine rings is 1. The van der Waals surface area contributed by atoms with E-state index in [0.29, 0.717) is 16.7 Å². The molecule has 2 atom stereocenters. The highest BCUT2D eigenvalue weighted by Crippen LogP contribution is 2.33. The number of nitrogens with zero attached hydrogens (tertiary/aromatic N) is 4. The molecule has 4 rings (SSSR count). The smallest absolute Gasteiger partial charge is 0.233 e. The third kappa shape index (κ3) is 4.46. The monoisotopic (exact) mass is 436 g/mol. The number of thioether (sulfide) groups is 1. The largest absolute Gasteiger partial charge is 0.496 e. The lowest BCUT2D eigenvalue weighted by Crippen LogP contribution is -2.48. The van der Waals surface area contributed by atoms with Crippen molar-refractivity contribution in [1.29, 1.82) is 0 Å². The lowest BCUT2D eigenvalue weighted by molar-refractivity contribution is -0.134. The average molecular weight is 437 g/mol. The van der Waals surface area contributed by atoms with Crippen molar-refractivity contribution < 1.29 is 9.53 Å². The van der Waals surface area contributed by atoms with Crippen LogP contribution < -0.4 is 4.74 Å². The van der Waals surface area contributed by atoms with Gasteiger partial charge in [0.25, 0.3) is 0 Å². The average Bonchev–Trinajstić information content (AvgIpc) is 3.22. The van der Waals surface area contributed by atoms with E-state index in [1.165, 1.54) is 18.2 Å². The van der Waals surface area contributed by atoms with Crippen LogP contribution in [0, 0.1) is 0 Å². The molecule has 1 aromatic heterocycles. The summed E-state index contributed by atoms with van der Waals surface area (Å²) in [6, 6.07) is 18.3. The Bertz CT molecular complexity index is 1030. The Balaban J connectivity index is 1.65. The summed E-state index contributed by atoms with van der Waals surface area (Å²) in [5, 5.41) is 9.62. The lowest BCUT2D eigenvalue weighted by atomic mass is 9.98. The van der Waals surface area contributed by atoms with Crippen LogP contribution in [0.25, 0.3) is 17.1 Å². The zero-order valence-corrected chi connectivity index (χ0v) is 19.0. The van der Waals surface area contributed by atoms with Gasteiger partial charge in [-0.3, -0.25) is 9.36 Å². The van der Waals surface area contributed by atoms with E-state index in [1.807, 2.05) is 64.1 Å². The topological polar surface area (TPSA) is 60.3 Å². The van der Waals surface area contributed by atoms with Gasteiger partial charge in [0.05, 0.1) is 18.4 Å². The molecular formula is C24H28N4O2S. The fourth-order valence-electron chi connectivity index (χ4n) is 4.29. The van der Waals surface area contributed by atoms with E-state index >= 15 is 0 Å². The minimum absolute atomic E-state index is 0.158. The van der Waals surface area contributed by atoms with Crippen LogP contribution in [0.4, 0.5) is 0 Å². The van der Waals surface area contributed by atoms with Crippen LogP contribution in [0.15, 0.2) is 59.8 Å². The highest BCUT2D eigenvalue weighted by atomic mass is 32.2. The predicted octanol–water partition coefficient (Wildman–Crippen LogP) is 4.82. The second kappa shape index (κ2) is 9.56. The number of carbonyl (C=O) groups excluding carboxylic acids is 1. The highest BCUT2D eigenvalue weighted by Gasteiger charge is 2.29. The number of rotatable bonds is 6. The molecule has 1 aliphatic rings. The maximum atomic E-state index is 13.0. The van der Waals surface area contributed by atoms with Gasteiger partial charge >= 0.3 is 0 Å². The van der Waals surface area contributed by atoms with Crippen molar-refractivity contribution in [2.24, 2.45) is 0 Å². The molecule has 0 spiro atoms. The molecule has 6 nitrogen and oxygen atoms in total. The van der Waals surface area contributed by atoms with Crippen molar-refractivity contribution in [3.05, 3.63) is 54.6 Å². The Labute approximate surface area is 187 Å². The fraction of sp³-hybridized carbons (Fsp3) is 0.375. The quantitative estimate of drug-likeness (QED) is 0.518. The van der Waals surface area contributed by atoms with Crippen LogP contribution in [0.3, 0.4) is 0 Å². The highest BCUT2D eigenvalue weighted by molar-refractivity contribution is 7.99. The maximum absolute atomic E-state index is 13.0. The summed E-state index contributed by atoms with van der Waals surface area (Å²) in [4.78, 5) is 15.1. The number of likely N-dealkylation sites (tertiary alicyclic amines) is 1. The van der Waals surface area contributed by atoms with Crippen LogP contribution in [-0.2, 0) is 4.79 Å². The van der Waals surface area contributed by atoms with Gasteiger partial charge in [0.1, 0.15) is 5.75 Å². The fourth-order valence-corrected chi connectivity index (χ4v) is 5.11. The molecule has 1 saturated heterocycles. The second-order valence-electron chi connectivity index (χ2n) is 7.90. The zero-order valence-electron chi connectivity index (χ0n) is 18.2. The zero-order chi connectivity index (χ0) is 21.8. The predicted molar refractivity (Wildman–Crippen MR) is 124 cm³/mol. The van der Waals surface area contributed by atoms with Crippen molar-refractivity contribution >= 4 is 17.7 Å². The van der Waals surface area contributed by atoms with Gasteiger partial charge < -0.3 is 9.64 Å². The third-order valence-electron chi connectivity index (χ3n) is 5.80. The minimum Gasteiger partial charge on any atom is -0.496 e. The van der Waals surface area contributed by atoms with Crippen molar-refractivity contribution in [3.63, 3.8) is 0 Å². The number of methoxy groups -OCH3 is 1. The third-order valence-corrected chi connectivity index (χ3v) is 6.72. The first-order valence-corrected chi connectivity index (χ1v) is 11.7. The SMILES string of the molecule is COc1ccccc1-c1nnc(SCC(=O)N2[C@H](C)CCC[C@H]2C)n1-c1ccccc1. The van der Waals surface area contributed by atoms with Gasteiger partial charge in [-0.15, -0.1) is 10.2 Å². The number of hydrogen-bond acceptors (Lipinski definition) is 5. The summed E-state index contributed by atoms with van der Waals surface area (Å²) < 4.78 is 7.55. The molecule has 1 fully saturated rings. The number of aromatic nitrogens is 3. The normalized spacial score (nSPS) is 18.7. The molecule has 162 valence electrons. The van der Waals surface area contributed by atoms with Crippen LogP contribution >= 0.6 is 11.8 Å². The molecule has 1 amide bonds. The van der Waals surface area contributed by atoms with Crippen LogP contribution in [0.2, 0.25) is 0 Å². The standard InChI is InChI=1S/C24H28N4O2S/c1-17-10-9-11-18(2)27(17)22(29)16-31-24-26-25-23(20-14-7-8-15-21(20)30-3)28(24)19-12-5-4-6-13-19/h4-8,12-15,17-18H,9-11,16H2,1-3H3/t17-,18-/m1/s1. The van der Waals surface area contributed by atoms with Crippen molar-refractivity contribution in [2.75, 3.05) is 12.9 Å². The summed E-state index contributed by atoms with van der Waals surface area (Å²) >= 11 is 1.43. The van der Waals surface area contributed by atoms with E-state index in [1.54, 1.807) is 7.11 Å². The molecule has 0 unspecified atom stereocenters. The molecule has 1 aliphatic heterocycles. The summed E-state index contributed by atoms with van der Waals surface area (Å²) in [7, 11) is 1.65. The Kier molecular flexibility index (Phi) is 6.61. The molecule has 0 N–H and O–H groups in total. The Morgan fingerprint density at radius 3 is 2.42 bits per heavy atom. The van der Waals surface area contributed by atoms with Crippen LogP contribution in [-0.4, -0.2) is 50.5 Å². The van der Waals surface area contributed by atoms with Gasteiger partial charge in [0.2, 0.25) is 5.91 Å². The van der Waals surface area contributed by atoms with Gasteiger partial charge in [-0.1, -0.05) is 42.1 Å². The molecule has 2 heterocycles. The van der Waals surface area contributed by atoms with E-state index in [9.17, 15) is 4.79 Å². The van der Waals surface area contributed by atoms with Crippen molar-refractivity contribution in [2.45, 2.75) is 50.4 Å². The van der Waals surface area contributed by atoms with Crippen LogP contribution in [0.5, 0.6) is 5.75 Å². The van der Waals surface area contributed by atoms with Crippen LogP contribution in [0.1, 0.15) is 33.1 Å². The first-order chi connectivity index (χ1) is 15.1. The molecule has 7 heteroatoms. The maximum Gasteiger partial charge on any atom is 0.233 e.